The average molecular weight is 488 g/mol. The summed E-state index contributed by atoms with van der Waals surface area (Å²) < 4.78 is 5.90. The molecule has 1 aromatic carbocycles. The van der Waals surface area contributed by atoms with E-state index in [1.54, 1.807) is 11.3 Å². The standard InChI is InChI=1S/C19H28N4OS.HI/c1-5-20-19(23-12-18-21-10-15(4)25-18)22-11-16-8-6-7-9-17(16)24-13-14(2)3;/h6-10,14H,5,11-13H2,1-4H3,(H2,20,22,23);1H. The van der Waals surface area contributed by atoms with Crippen molar-refractivity contribution in [3.63, 3.8) is 0 Å². The third kappa shape index (κ3) is 7.90. The van der Waals surface area contributed by atoms with Gasteiger partial charge >= 0.3 is 0 Å². The smallest absolute Gasteiger partial charge is 0.191 e. The van der Waals surface area contributed by atoms with E-state index in [-0.39, 0.29) is 24.0 Å². The molecule has 0 aliphatic heterocycles. The molecule has 0 fully saturated rings. The Hall–Kier alpha value is -1.35. The largest absolute Gasteiger partial charge is 0.493 e. The highest BCUT2D eigenvalue weighted by atomic mass is 127. The van der Waals surface area contributed by atoms with Crippen LogP contribution in [0.5, 0.6) is 5.75 Å². The van der Waals surface area contributed by atoms with Gasteiger partial charge in [0.25, 0.3) is 0 Å². The number of aromatic nitrogens is 1. The van der Waals surface area contributed by atoms with Crippen LogP contribution >= 0.6 is 35.3 Å². The van der Waals surface area contributed by atoms with E-state index < -0.39 is 0 Å². The molecule has 2 rings (SSSR count). The van der Waals surface area contributed by atoms with Gasteiger partial charge in [0.05, 0.1) is 19.7 Å². The highest BCUT2D eigenvalue weighted by Gasteiger charge is 2.05. The Morgan fingerprint density at radius 2 is 2.04 bits per heavy atom. The van der Waals surface area contributed by atoms with Crippen molar-refractivity contribution in [1.29, 1.82) is 0 Å². The number of para-hydroxylation sites is 1. The molecule has 0 bridgehead atoms. The van der Waals surface area contributed by atoms with Gasteiger partial charge in [0.1, 0.15) is 10.8 Å². The number of ether oxygens (including phenoxy) is 1. The minimum absolute atomic E-state index is 0. The summed E-state index contributed by atoms with van der Waals surface area (Å²) in [5.41, 5.74) is 1.09. The lowest BCUT2D eigenvalue weighted by Gasteiger charge is -2.13. The van der Waals surface area contributed by atoms with Crippen LogP contribution in [0.25, 0.3) is 0 Å². The number of rotatable bonds is 8. The summed E-state index contributed by atoms with van der Waals surface area (Å²) in [4.78, 5) is 10.3. The molecule has 1 aromatic heterocycles. The Labute approximate surface area is 177 Å². The summed E-state index contributed by atoms with van der Waals surface area (Å²) in [5, 5.41) is 7.67. The molecule has 0 aliphatic rings. The molecule has 0 atom stereocenters. The normalized spacial score (nSPS) is 11.2. The van der Waals surface area contributed by atoms with Crippen LogP contribution in [0.2, 0.25) is 0 Å². The zero-order valence-electron chi connectivity index (χ0n) is 15.9. The number of guanidine groups is 1. The van der Waals surface area contributed by atoms with Crippen LogP contribution in [0.3, 0.4) is 0 Å². The van der Waals surface area contributed by atoms with Crippen molar-refractivity contribution in [3.05, 3.63) is 45.9 Å². The molecule has 0 unspecified atom stereocenters. The third-order valence-electron chi connectivity index (χ3n) is 3.37. The number of nitrogens with one attached hydrogen (secondary N) is 2. The lowest BCUT2D eigenvalue weighted by atomic mass is 10.2. The van der Waals surface area contributed by atoms with Crippen molar-refractivity contribution >= 4 is 41.3 Å². The lowest BCUT2D eigenvalue weighted by molar-refractivity contribution is 0.268. The van der Waals surface area contributed by atoms with Crippen molar-refractivity contribution in [1.82, 2.24) is 15.6 Å². The second-order valence-corrected chi connectivity index (χ2v) is 7.55. The van der Waals surface area contributed by atoms with E-state index in [2.05, 4.69) is 54.4 Å². The van der Waals surface area contributed by atoms with Crippen molar-refractivity contribution in [3.8, 4) is 5.75 Å². The van der Waals surface area contributed by atoms with Crippen LogP contribution in [0.1, 0.15) is 36.2 Å². The number of hydrogen-bond donors (Lipinski definition) is 2. The third-order valence-corrected chi connectivity index (χ3v) is 4.29. The molecule has 0 spiro atoms. The van der Waals surface area contributed by atoms with Gasteiger partial charge < -0.3 is 15.4 Å². The van der Waals surface area contributed by atoms with Gasteiger partial charge in [-0.25, -0.2) is 9.98 Å². The van der Waals surface area contributed by atoms with Gasteiger partial charge in [0.15, 0.2) is 5.96 Å². The molecule has 26 heavy (non-hydrogen) atoms. The van der Waals surface area contributed by atoms with E-state index in [9.17, 15) is 0 Å². The fourth-order valence-electron chi connectivity index (χ4n) is 2.18. The number of hydrogen-bond acceptors (Lipinski definition) is 4. The first-order chi connectivity index (χ1) is 12.1. The summed E-state index contributed by atoms with van der Waals surface area (Å²) in [5.74, 6) is 2.19. The van der Waals surface area contributed by atoms with Crippen LogP contribution in [-0.2, 0) is 13.1 Å². The van der Waals surface area contributed by atoms with Gasteiger partial charge in [0, 0.05) is 23.2 Å². The van der Waals surface area contributed by atoms with Crippen LogP contribution in [0, 0.1) is 12.8 Å². The highest BCUT2D eigenvalue weighted by Crippen LogP contribution is 2.19. The van der Waals surface area contributed by atoms with Crippen LogP contribution in [0.4, 0.5) is 0 Å². The number of halogens is 1. The second-order valence-electron chi connectivity index (χ2n) is 6.23. The Morgan fingerprint density at radius 3 is 2.69 bits per heavy atom. The summed E-state index contributed by atoms with van der Waals surface area (Å²) >= 11 is 1.70. The number of aliphatic imine (C=N–C) groups is 1. The van der Waals surface area contributed by atoms with Crippen molar-refractivity contribution in [2.45, 2.75) is 40.8 Å². The second kappa shape index (κ2) is 12.1. The van der Waals surface area contributed by atoms with E-state index in [0.29, 0.717) is 25.6 Å². The molecule has 2 N–H and O–H groups in total. The molecule has 7 heteroatoms. The van der Waals surface area contributed by atoms with E-state index in [0.717, 1.165) is 28.8 Å². The Kier molecular flexibility index (Phi) is 10.6. The molecule has 0 aliphatic carbocycles. The maximum absolute atomic E-state index is 5.90. The van der Waals surface area contributed by atoms with Gasteiger partial charge in [0.2, 0.25) is 0 Å². The van der Waals surface area contributed by atoms with Gasteiger partial charge in [-0.1, -0.05) is 32.0 Å². The first-order valence-electron chi connectivity index (χ1n) is 8.72. The molecule has 2 aromatic rings. The quantitative estimate of drug-likeness (QED) is 0.330. The number of thiazole rings is 1. The Balaban J connectivity index is 0.00000338. The molecule has 0 saturated heterocycles. The van der Waals surface area contributed by atoms with Crippen molar-refractivity contribution in [2.75, 3.05) is 13.2 Å². The predicted octanol–water partition coefficient (Wildman–Crippen LogP) is 4.36. The summed E-state index contributed by atoms with van der Waals surface area (Å²) in [6, 6.07) is 8.09. The van der Waals surface area contributed by atoms with E-state index in [1.165, 1.54) is 4.88 Å². The Bertz CT molecular complexity index is 688. The molecule has 0 amide bonds. The van der Waals surface area contributed by atoms with E-state index in [4.69, 9.17) is 4.74 Å². The first-order valence-corrected chi connectivity index (χ1v) is 9.54. The van der Waals surface area contributed by atoms with Crippen LogP contribution in [-0.4, -0.2) is 24.1 Å². The maximum Gasteiger partial charge on any atom is 0.191 e. The number of benzene rings is 1. The van der Waals surface area contributed by atoms with Gasteiger partial charge in [-0.15, -0.1) is 35.3 Å². The zero-order valence-corrected chi connectivity index (χ0v) is 19.1. The summed E-state index contributed by atoms with van der Waals surface area (Å²) in [7, 11) is 0. The van der Waals surface area contributed by atoms with Gasteiger partial charge in [-0.2, -0.15) is 0 Å². The SMILES string of the molecule is CCNC(=NCc1ccccc1OCC(C)C)NCc1ncc(C)s1.I. The molecule has 0 saturated carbocycles. The number of aryl methyl sites for hydroxylation is 1. The van der Waals surface area contributed by atoms with Gasteiger partial charge in [-0.3, -0.25) is 0 Å². The molecule has 5 nitrogen and oxygen atoms in total. The fraction of sp³-hybridized carbons (Fsp3) is 0.474. The minimum Gasteiger partial charge on any atom is -0.493 e. The highest BCUT2D eigenvalue weighted by molar-refractivity contribution is 14.0. The fourth-order valence-corrected chi connectivity index (χ4v) is 2.91. The number of nitrogens with zero attached hydrogens (tertiary/aromatic N) is 2. The first kappa shape index (κ1) is 22.7. The maximum atomic E-state index is 5.90. The molecular formula is C19H29IN4OS. The molecule has 144 valence electrons. The average Bonchev–Trinajstić information content (AvgIpc) is 3.01. The lowest BCUT2D eigenvalue weighted by Crippen LogP contribution is -2.36. The van der Waals surface area contributed by atoms with Crippen molar-refractivity contribution < 1.29 is 4.74 Å². The minimum atomic E-state index is 0. The molecular weight excluding hydrogens is 459 g/mol. The van der Waals surface area contributed by atoms with E-state index >= 15 is 0 Å². The summed E-state index contributed by atoms with van der Waals surface area (Å²) in [6.07, 6.45) is 1.90. The monoisotopic (exact) mass is 488 g/mol. The zero-order chi connectivity index (χ0) is 18.1. The molecule has 0 radical (unpaired) electrons. The van der Waals surface area contributed by atoms with Gasteiger partial charge in [-0.05, 0) is 25.8 Å². The molecule has 1 heterocycles. The predicted molar refractivity (Wildman–Crippen MR) is 121 cm³/mol. The van der Waals surface area contributed by atoms with Crippen molar-refractivity contribution in [2.24, 2.45) is 10.9 Å². The Morgan fingerprint density at radius 1 is 1.27 bits per heavy atom. The van der Waals surface area contributed by atoms with E-state index in [1.807, 2.05) is 24.4 Å². The van der Waals surface area contributed by atoms with Crippen LogP contribution < -0.4 is 15.4 Å². The summed E-state index contributed by atoms with van der Waals surface area (Å²) in [6.45, 7) is 11.2. The topological polar surface area (TPSA) is 58.5 Å². The van der Waals surface area contributed by atoms with Crippen LogP contribution in [0.15, 0.2) is 35.5 Å².